The van der Waals surface area contributed by atoms with Crippen molar-refractivity contribution in [3.05, 3.63) is 53.5 Å². The minimum atomic E-state index is 0.757. The van der Waals surface area contributed by atoms with Gasteiger partial charge in [-0.25, -0.2) is 4.98 Å². The summed E-state index contributed by atoms with van der Waals surface area (Å²) in [5, 5.41) is 4.49. The molecule has 3 heterocycles. The van der Waals surface area contributed by atoms with Gasteiger partial charge in [0.1, 0.15) is 12.1 Å². The van der Waals surface area contributed by atoms with Crippen LogP contribution in [-0.4, -0.2) is 32.7 Å². The monoisotopic (exact) mass is 347 g/mol. The van der Waals surface area contributed by atoms with E-state index in [1.54, 1.807) is 6.33 Å². The first-order valence-electron chi connectivity index (χ1n) is 9.89. The Kier molecular flexibility index (Phi) is 4.07. The third-order valence-electron chi connectivity index (χ3n) is 5.96. The summed E-state index contributed by atoms with van der Waals surface area (Å²) in [6.45, 7) is 2.20. The van der Waals surface area contributed by atoms with Crippen molar-refractivity contribution in [2.45, 2.75) is 44.9 Å². The van der Waals surface area contributed by atoms with E-state index in [2.05, 4.69) is 45.3 Å². The van der Waals surface area contributed by atoms with E-state index in [1.165, 1.54) is 54.7 Å². The summed E-state index contributed by atoms with van der Waals surface area (Å²) in [6, 6.07) is 10.9. The second kappa shape index (κ2) is 6.71. The van der Waals surface area contributed by atoms with E-state index < -0.39 is 0 Å². The summed E-state index contributed by atoms with van der Waals surface area (Å²) in [7, 11) is 0. The lowest BCUT2D eigenvalue weighted by atomic mass is 9.89. The van der Waals surface area contributed by atoms with Crippen LogP contribution in [0.15, 0.2) is 36.7 Å². The van der Waals surface area contributed by atoms with Crippen molar-refractivity contribution >= 4 is 11.6 Å². The molecule has 26 heavy (non-hydrogen) atoms. The van der Waals surface area contributed by atoms with Crippen LogP contribution in [0.5, 0.6) is 0 Å². The molecule has 0 bridgehead atoms. The van der Waals surface area contributed by atoms with Gasteiger partial charge in [0.2, 0.25) is 0 Å². The SMILES string of the molecule is c1ccc(CC2CCN(c3c4c(nc5ncnn35)CCCC4)CC2)cc1. The highest BCUT2D eigenvalue weighted by Crippen LogP contribution is 2.32. The molecule has 0 atom stereocenters. The Bertz CT molecular complexity index is 893. The van der Waals surface area contributed by atoms with E-state index >= 15 is 0 Å². The van der Waals surface area contributed by atoms with Crippen molar-refractivity contribution < 1.29 is 0 Å². The molecule has 0 N–H and O–H groups in total. The maximum Gasteiger partial charge on any atom is 0.254 e. The van der Waals surface area contributed by atoms with Crippen LogP contribution < -0.4 is 4.90 Å². The van der Waals surface area contributed by atoms with Crippen LogP contribution in [0.4, 0.5) is 5.82 Å². The Morgan fingerprint density at radius 2 is 1.81 bits per heavy atom. The van der Waals surface area contributed by atoms with E-state index in [1.807, 2.05) is 4.52 Å². The fourth-order valence-electron chi connectivity index (χ4n) is 4.58. The number of anilines is 1. The molecule has 5 heteroatoms. The number of nitrogens with zero attached hydrogens (tertiary/aromatic N) is 5. The average molecular weight is 347 g/mol. The Morgan fingerprint density at radius 3 is 2.65 bits per heavy atom. The fraction of sp³-hybridized carbons (Fsp3) is 0.476. The van der Waals surface area contributed by atoms with Crippen LogP contribution in [0.1, 0.15) is 42.5 Å². The lowest BCUT2D eigenvalue weighted by Gasteiger charge is -2.35. The van der Waals surface area contributed by atoms with Crippen LogP contribution >= 0.6 is 0 Å². The number of benzene rings is 1. The van der Waals surface area contributed by atoms with Gasteiger partial charge in [0.05, 0.1) is 5.69 Å². The van der Waals surface area contributed by atoms with Gasteiger partial charge in [-0.2, -0.15) is 14.6 Å². The third kappa shape index (κ3) is 2.85. The standard InChI is InChI=1S/C21H25N5/c1-2-6-16(7-3-1)14-17-10-12-25(13-11-17)20-18-8-4-5-9-19(18)24-21-22-15-23-26(20)21/h1-3,6-7,15,17H,4-5,8-14H2. The largest absolute Gasteiger partial charge is 0.356 e. The second-order valence-corrected chi connectivity index (χ2v) is 7.66. The molecule has 1 aliphatic carbocycles. The quantitative estimate of drug-likeness (QED) is 0.728. The zero-order valence-electron chi connectivity index (χ0n) is 15.1. The molecule has 5 rings (SSSR count). The number of fused-ring (bicyclic) bond motifs is 2. The number of hydrogen-bond acceptors (Lipinski definition) is 4. The molecule has 1 aliphatic heterocycles. The molecule has 2 aliphatic rings. The Morgan fingerprint density at radius 1 is 1.00 bits per heavy atom. The molecule has 1 aromatic carbocycles. The fourth-order valence-corrected chi connectivity index (χ4v) is 4.58. The summed E-state index contributed by atoms with van der Waals surface area (Å²) in [5.74, 6) is 2.80. The molecule has 0 amide bonds. The molecule has 1 saturated heterocycles. The third-order valence-corrected chi connectivity index (χ3v) is 5.96. The van der Waals surface area contributed by atoms with Gasteiger partial charge in [0, 0.05) is 18.7 Å². The molecule has 2 aromatic heterocycles. The van der Waals surface area contributed by atoms with Crippen LogP contribution in [0, 0.1) is 5.92 Å². The van der Waals surface area contributed by atoms with E-state index in [-0.39, 0.29) is 0 Å². The average Bonchev–Trinajstić information content (AvgIpc) is 3.16. The van der Waals surface area contributed by atoms with Crippen molar-refractivity contribution in [2.75, 3.05) is 18.0 Å². The molecular formula is C21H25N5. The van der Waals surface area contributed by atoms with Gasteiger partial charge in [-0.1, -0.05) is 30.3 Å². The van der Waals surface area contributed by atoms with Crippen molar-refractivity contribution in [2.24, 2.45) is 5.92 Å². The predicted octanol–water partition coefficient (Wildman–Crippen LogP) is 3.46. The smallest absolute Gasteiger partial charge is 0.254 e. The highest BCUT2D eigenvalue weighted by Gasteiger charge is 2.27. The normalized spacial score (nSPS) is 18.2. The Hall–Kier alpha value is -2.43. The summed E-state index contributed by atoms with van der Waals surface area (Å²) < 4.78 is 1.97. The zero-order valence-corrected chi connectivity index (χ0v) is 15.1. The molecule has 0 spiro atoms. The van der Waals surface area contributed by atoms with E-state index in [4.69, 9.17) is 4.98 Å². The summed E-state index contributed by atoms with van der Waals surface area (Å²) in [6.07, 6.45) is 10.0. The second-order valence-electron chi connectivity index (χ2n) is 7.66. The highest BCUT2D eigenvalue weighted by atomic mass is 15.4. The first-order chi connectivity index (χ1) is 12.9. The van der Waals surface area contributed by atoms with Gasteiger partial charge in [0.15, 0.2) is 0 Å². The molecule has 0 unspecified atom stereocenters. The van der Waals surface area contributed by atoms with Crippen molar-refractivity contribution in [1.29, 1.82) is 0 Å². The minimum absolute atomic E-state index is 0.757. The topological polar surface area (TPSA) is 46.3 Å². The molecule has 134 valence electrons. The van der Waals surface area contributed by atoms with Gasteiger partial charge < -0.3 is 4.90 Å². The maximum absolute atomic E-state index is 4.76. The summed E-state index contributed by atoms with van der Waals surface area (Å²) in [5.41, 5.74) is 4.12. The van der Waals surface area contributed by atoms with Gasteiger partial charge in [-0.05, 0) is 56.4 Å². The molecular weight excluding hydrogens is 322 g/mol. The molecule has 3 aromatic rings. The summed E-state index contributed by atoms with van der Waals surface area (Å²) >= 11 is 0. The lowest BCUT2D eigenvalue weighted by molar-refractivity contribution is 0.400. The van der Waals surface area contributed by atoms with Crippen LogP contribution in [-0.2, 0) is 19.3 Å². The first kappa shape index (κ1) is 15.8. The highest BCUT2D eigenvalue weighted by molar-refractivity contribution is 5.55. The molecule has 0 saturated carbocycles. The Labute approximate surface area is 154 Å². The van der Waals surface area contributed by atoms with Gasteiger partial charge >= 0.3 is 0 Å². The van der Waals surface area contributed by atoms with E-state index in [9.17, 15) is 0 Å². The van der Waals surface area contributed by atoms with Crippen LogP contribution in [0.2, 0.25) is 0 Å². The Balaban J connectivity index is 1.39. The summed E-state index contributed by atoms with van der Waals surface area (Å²) in [4.78, 5) is 11.7. The molecule has 5 nitrogen and oxygen atoms in total. The number of aromatic nitrogens is 4. The van der Waals surface area contributed by atoms with E-state index in [0.717, 1.165) is 37.6 Å². The number of aryl methyl sites for hydroxylation is 1. The lowest BCUT2D eigenvalue weighted by Crippen LogP contribution is -2.37. The predicted molar refractivity (Wildman–Crippen MR) is 103 cm³/mol. The molecule has 1 fully saturated rings. The van der Waals surface area contributed by atoms with Crippen molar-refractivity contribution in [1.82, 2.24) is 19.6 Å². The number of rotatable bonds is 3. The maximum atomic E-state index is 4.76. The molecule has 0 radical (unpaired) electrons. The minimum Gasteiger partial charge on any atom is -0.356 e. The zero-order chi connectivity index (χ0) is 17.3. The number of piperidine rings is 1. The van der Waals surface area contributed by atoms with E-state index in [0.29, 0.717) is 0 Å². The van der Waals surface area contributed by atoms with Gasteiger partial charge in [-0.3, -0.25) is 0 Å². The van der Waals surface area contributed by atoms with Crippen molar-refractivity contribution in [3.8, 4) is 0 Å². The van der Waals surface area contributed by atoms with Crippen LogP contribution in [0.3, 0.4) is 0 Å². The number of hydrogen-bond donors (Lipinski definition) is 0. The van der Waals surface area contributed by atoms with Gasteiger partial charge in [0.25, 0.3) is 5.78 Å². The van der Waals surface area contributed by atoms with Gasteiger partial charge in [-0.15, -0.1) is 0 Å². The first-order valence-corrected chi connectivity index (χ1v) is 9.89. The van der Waals surface area contributed by atoms with Crippen LogP contribution in [0.25, 0.3) is 5.78 Å². The van der Waals surface area contributed by atoms with Crippen molar-refractivity contribution in [3.63, 3.8) is 0 Å².